The van der Waals surface area contributed by atoms with Crippen molar-refractivity contribution in [3.05, 3.63) is 35.2 Å². The summed E-state index contributed by atoms with van der Waals surface area (Å²) in [5, 5.41) is 0. The van der Waals surface area contributed by atoms with E-state index < -0.39 is 0 Å². The Morgan fingerprint density at radius 2 is 1.85 bits per heavy atom. The number of hydrogen-bond acceptors (Lipinski definition) is 1. The first-order valence-corrected chi connectivity index (χ1v) is 7.88. The van der Waals surface area contributed by atoms with Crippen LogP contribution in [0, 0.1) is 18.7 Å². The highest BCUT2D eigenvalue weighted by Gasteiger charge is 2.19. The zero-order valence-corrected chi connectivity index (χ0v) is 12.2. The summed E-state index contributed by atoms with van der Waals surface area (Å²) in [5.41, 5.74) is 1.68. The summed E-state index contributed by atoms with van der Waals surface area (Å²) < 4.78 is 20.2. The van der Waals surface area contributed by atoms with E-state index in [-0.39, 0.29) is 11.9 Å². The van der Waals surface area contributed by atoms with E-state index in [0.29, 0.717) is 17.2 Å². The zero-order valence-electron chi connectivity index (χ0n) is 12.2. The molecule has 20 heavy (non-hydrogen) atoms. The Bertz CT molecular complexity index is 496. The van der Waals surface area contributed by atoms with Gasteiger partial charge in [0.15, 0.2) is 11.6 Å². The van der Waals surface area contributed by atoms with Crippen molar-refractivity contribution in [3.8, 4) is 5.75 Å². The molecule has 2 fully saturated rings. The van der Waals surface area contributed by atoms with E-state index in [4.69, 9.17) is 4.74 Å². The Kier molecular flexibility index (Phi) is 4.09. The van der Waals surface area contributed by atoms with Crippen LogP contribution in [0.3, 0.4) is 0 Å². The number of ether oxygens (including phenoxy) is 1. The fourth-order valence-electron chi connectivity index (χ4n) is 3.00. The fraction of sp³-hybridized carbons (Fsp3) is 0.556. The van der Waals surface area contributed by atoms with Crippen molar-refractivity contribution in [2.24, 2.45) is 5.92 Å². The van der Waals surface area contributed by atoms with Crippen LogP contribution in [0.2, 0.25) is 0 Å². The molecule has 1 aromatic carbocycles. The van der Waals surface area contributed by atoms with Crippen LogP contribution in [-0.4, -0.2) is 6.10 Å². The summed E-state index contributed by atoms with van der Waals surface area (Å²) in [7, 11) is 0. The van der Waals surface area contributed by atoms with Gasteiger partial charge in [0, 0.05) is 0 Å². The molecule has 0 unspecified atom stereocenters. The lowest BCUT2D eigenvalue weighted by Gasteiger charge is -2.21. The van der Waals surface area contributed by atoms with Gasteiger partial charge in [-0.15, -0.1) is 0 Å². The van der Waals surface area contributed by atoms with Gasteiger partial charge in [-0.2, -0.15) is 0 Å². The maximum absolute atomic E-state index is 14.4. The van der Waals surface area contributed by atoms with Gasteiger partial charge in [0.25, 0.3) is 0 Å². The monoisotopic (exact) mass is 274 g/mol. The SMILES string of the molecule is Cc1c(/C=C/C2CCC2)ccc(OC2CCCC2)c1F. The highest BCUT2D eigenvalue weighted by atomic mass is 19.1. The van der Waals surface area contributed by atoms with Gasteiger partial charge in [0.05, 0.1) is 6.10 Å². The van der Waals surface area contributed by atoms with Crippen molar-refractivity contribution in [2.75, 3.05) is 0 Å². The average Bonchev–Trinajstić information content (AvgIpc) is 2.89. The molecule has 0 spiro atoms. The van der Waals surface area contributed by atoms with Crippen LogP contribution in [0.1, 0.15) is 56.1 Å². The summed E-state index contributed by atoms with van der Waals surface area (Å²) >= 11 is 0. The second-order valence-electron chi connectivity index (χ2n) is 6.17. The van der Waals surface area contributed by atoms with Gasteiger partial charge in [-0.25, -0.2) is 4.39 Å². The molecule has 0 saturated heterocycles. The molecule has 0 amide bonds. The number of hydrogen-bond donors (Lipinski definition) is 0. The summed E-state index contributed by atoms with van der Waals surface area (Å²) in [5.74, 6) is 0.940. The number of allylic oxidation sites excluding steroid dienone is 1. The molecule has 0 atom stereocenters. The number of rotatable bonds is 4. The maximum atomic E-state index is 14.4. The average molecular weight is 274 g/mol. The second kappa shape index (κ2) is 5.99. The second-order valence-corrected chi connectivity index (χ2v) is 6.17. The van der Waals surface area contributed by atoms with Gasteiger partial charge >= 0.3 is 0 Å². The van der Waals surface area contributed by atoms with Crippen LogP contribution in [0.25, 0.3) is 6.08 Å². The first kappa shape index (κ1) is 13.7. The Morgan fingerprint density at radius 1 is 1.10 bits per heavy atom. The van der Waals surface area contributed by atoms with E-state index in [9.17, 15) is 4.39 Å². The van der Waals surface area contributed by atoms with Crippen LogP contribution in [0.15, 0.2) is 18.2 Å². The minimum Gasteiger partial charge on any atom is -0.487 e. The van der Waals surface area contributed by atoms with Gasteiger partial charge in [-0.05, 0) is 68.6 Å². The predicted octanol–water partition coefficient (Wildman–Crippen LogP) is 5.27. The molecule has 0 bridgehead atoms. The third-order valence-electron chi connectivity index (χ3n) is 4.69. The Balaban J connectivity index is 1.73. The third-order valence-corrected chi connectivity index (χ3v) is 4.69. The van der Waals surface area contributed by atoms with Gasteiger partial charge in [0.1, 0.15) is 0 Å². The van der Waals surface area contributed by atoms with Gasteiger partial charge in [-0.1, -0.05) is 24.6 Å². The molecule has 0 N–H and O–H groups in total. The van der Waals surface area contributed by atoms with Gasteiger partial charge < -0.3 is 4.74 Å². The van der Waals surface area contributed by atoms with Crippen molar-refractivity contribution >= 4 is 6.08 Å². The lowest BCUT2D eigenvalue weighted by molar-refractivity contribution is 0.200. The maximum Gasteiger partial charge on any atom is 0.168 e. The summed E-state index contributed by atoms with van der Waals surface area (Å²) in [6.45, 7) is 1.84. The third kappa shape index (κ3) is 2.89. The zero-order chi connectivity index (χ0) is 13.9. The van der Waals surface area contributed by atoms with Crippen LogP contribution in [-0.2, 0) is 0 Å². The Hall–Kier alpha value is -1.31. The number of benzene rings is 1. The molecule has 1 aromatic rings. The largest absolute Gasteiger partial charge is 0.487 e. The smallest absolute Gasteiger partial charge is 0.168 e. The van der Waals surface area contributed by atoms with E-state index >= 15 is 0 Å². The first-order valence-electron chi connectivity index (χ1n) is 7.88. The molecule has 2 saturated carbocycles. The topological polar surface area (TPSA) is 9.23 Å². The summed E-state index contributed by atoms with van der Waals surface area (Å²) in [6.07, 6.45) is 12.9. The van der Waals surface area contributed by atoms with E-state index in [1.165, 1.54) is 32.1 Å². The summed E-state index contributed by atoms with van der Waals surface area (Å²) in [6, 6.07) is 3.78. The Labute approximate surface area is 120 Å². The molecule has 0 radical (unpaired) electrons. The summed E-state index contributed by atoms with van der Waals surface area (Å²) in [4.78, 5) is 0. The molecular formula is C18H23FO. The molecule has 2 aliphatic rings. The van der Waals surface area contributed by atoms with Crippen molar-refractivity contribution in [1.82, 2.24) is 0 Å². The molecule has 0 aliphatic heterocycles. The van der Waals surface area contributed by atoms with Crippen LogP contribution in [0.4, 0.5) is 4.39 Å². The van der Waals surface area contributed by atoms with Crippen molar-refractivity contribution in [2.45, 2.75) is 58.0 Å². The van der Waals surface area contributed by atoms with E-state index in [2.05, 4.69) is 12.2 Å². The van der Waals surface area contributed by atoms with Gasteiger partial charge in [-0.3, -0.25) is 0 Å². The molecule has 0 heterocycles. The number of halogens is 1. The van der Waals surface area contributed by atoms with Crippen LogP contribution >= 0.6 is 0 Å². The van der Waals surface area contributed by atoms with Gasteiger partial charge in [0.2, 0.25) is 0 Å². The molecule has 108 valence electrons. The quantitative estimate of drug-likeness (QED) is 0.727. The molecule has 1 nitrogen and oxygen atoms in total. The minimum atomic E-state index is -0.187. The minimum absolute atomic E-state index is 0.187. The van der Waals surface area contributed by atoms with Crippen molar-refractivity contribution in [3.63, 3.8) is 0 Å². The van der Waals surface area contributed by atoms with E-state index in [1.54, 1.807) is 6.07 Å². The molecule has 0 aromatic heterocycles. The normalized spacial score (nSPS) is 20.5. The van der Waals surface area contributed by atoms with Crippen LogP contribution < -0.4 is 4.74 Å². The van der Waals surface area contributed by atoms with Crippen molar-refractivity contribution < 1.29 is 9.13 Å². The fourth-order valence-corrected chi connectivity index (χ4v) is 3.00. The lowest BCUT2D eigenvalue weighted by Crippen LogP contribution is -2.12. The first-order chi connectivity index (χ1) is 9.74. The highest BCUT2D eigenvalue weighted by Crippen LogP contribution is 2.31. The lowest BCUT2D eigenvalue weighted by atomic mass is 9.85. The molecular weight excluding hydrogens is 251 g/mol. The Morgan fingerprint density at radius 3 is 2.50 bits per heavy atom. The van der Waals surface area contributed by atoms with E-state index in [1.807, 2.05) is 13.0 Å². The standard InChI is InChI=1S/C18H23FO/c1-13-15(10-9-14-5-4-6-14)11-12-17(18(13)19)20-16-7-2-3-8-16/h9-12,14,16H,2-8H2,1H3/b10-9+. The highest BCUT2D eigenvalue weighted by molar-refractivity contribution is 5.56. The van der Waals surface area contributed by atoms with Crippen molar-refractivity contribution in [1.29, 1.82) is 0 Å². The molecule has 2 heteroatoms. The molecule has 3 rings (SSSR count). The van der Waals surface area contributed by atoms with Crippen LogP contribution in [0.5, 0.6) is 5.75 Å². The van der Waals surface area contributed by atoms with E-state index in [0.717, 1.165) is 18.4 Å². The predicted molar refractivity (Wildman–Crippen MR) is 80.4 cm³/mol. The molecule has 2 aliphatic carbocycles.